The van der Waals surface area contributed by atoms with E-state index in [9.17, 15) is 9.90 Å². The minimum Gasteiger partial charge on any atom is -0.486 e. The lowest BCUT2D eigenvalue weighted by molar-refractivity contribution is 0.0700. The van der Waals surface area contributed by atoms with Crippen molar-refractivity contribution in [2.45, 2.75) is 26.7 Å². The van der Waals surface area contributed by atoms with Crippen LogP contribution in [0, 0.1) is 0 Å². The molecule has 6 nitrogen and oxygen atoms in total. The number of fused-ring (bicyclic) bond motifs is 2. The predicted octanol–water partition coefficient (Wildman–Crippen LogP) is 3.66. The van der Waals surface area contributed by atoms with Gasteiger partial charge in [-0.3, -0.25) is 4.40 Å². The standard InChI is InChI=1S/C18H18N2O4S/c1-3-11-15(10-5-6-13-14(9-10)24-8-7-23-13)19-18-20(11)12(4-2)16(25-18)17(21)22/h5-6,9H,3-4,7-8H2,1-2H3,(H,21,22). The SMILES string of the molecule is CCc1c(-c2ccc3c(c2)OCCO3)nc2sc(C(=O)O)c(CC)n12. The third-order valence-corrected chi connectivity index (χ3v) is 5.42. The molecule has 0 amide bonds. The van der Waals surface area contributed by atoms with Gasteiger partial charge in [0.2, 0.25) is 0 Å². The molecule has 0 aliphatic carbocycles. The Kier molecular flexibility index (Phi) is 3.88. The molecule has 1 N–H and O–H groups in total. The smallest absolute Gasteiger partial charge is 0.347 e. The van der Waals surface area contributed by atoms with E-state index in [0.717, 1.165) is 45.5 Å². The molecule has 7 heteroatoms. The van der Waals surface area contributed by atoms with E-state index in [2.05, 4.69) is 6.92 Å². The number of rotatable bonds is 4. The first-order valence-corrected chi connectivity index (χ1v) is 9.12. The number of nitrogens with zero attached hydrogens (tertiary/aromatic N) is 2. The Hall–Kier alpha value is -2.54. The van der Waals surface area contributed by atoms with Crippen molar-refractivity contribution in [2.75, 3.05) is 13.2 Å². The lowest BCUT2D eigenvalue weighted by atomic mass is 10.1. The third kappa shape index (κ3) is 2.46. The molecule has 3 aromatic rings. The van der Waals surface area contributed by atoms with Crippen molar-refractivity contribution >= 4 is 22.3 Å². The van der Waals surface area contributed by atoms with E-state index in [-0.39, 0.29) is 0 Å². The second kappa shape index (κ2) is 6.07. The number of imidazole rings is 1. The maximum absolute atomic E-state index is 11.5. The molecule has 0 spiro atoms. The molecule has 0 radical (unpaired) electrons. The van der Waals surface area contributed by atoms with Gasteiger partial charge in [0.25, 0.3) is 0 Å². The molecule has 1 aliphatic heterocycles. The molecular formula is C18H18N2O4S. The molecule has 130 valence electrons. The number of hydrogen-bond donors (Lipinski definition) is 1. The summed E-state index contributed by atoms with van der Waals surface area (Å²) in [7, 11) is 0. The Labute approximate surface area is 148 Å². The van der Waals surface area contributed by atoms with Gasteiger partial charge in [-0.1, -0.05) is 25.2 Å². The number of carboxylic acids is 1. The van der Waals surface area contributed by atoms with E-state index in [1.165, 1.54) is 11.3 Å². The van der Waals surface area contributed by atoms with Crippen LogP contribution in [0.25, 0.3) is 16.2 Å². The van der Waals surface area contributed by atoms with E-state index >= 15 is 0 Å². The van der Waals surface area contributed by atoms with Gasteiger partial charge < -0.3 is 14.6 Å². The fraction of sp³-hybridized carbons (Fsp3) is 0.333. The summed E-state index contributed by atoms with van der Waals surface area (Å²) in [5.41, 5.74) is 3.65. The summed E-state index contributed by atoms with van der Waals surface area (Å²) in [6.45, 7) is 5.13. The van der Waals surface area contributed by atoms with Gasteiger partial charge in [-0.2, -0.15) is 0 Å². The molecular weight excluding hydrogens is 340 g/mol. The zero-order chi connectivity index (χ0) is 17.6. The number of aromatic carboxylic acids is 1. The zero-order valence-corrected chi connectivity index (χ0v) is 14.9. The fourth-order valence-corrected chi connectivity index (χ4v) is 4.34. The summed E-state index contributed by atoms with van der Waals surface area (Å²) in [5, 5.41) is 9.44. The first-order valence-electron chi connectivity index (χ1n) is 8.30. The highest BCUT2D eigenvalue weighted by atomic mass is 32.1. The minimum absolute atomic E-state index is 0.369. The number of carbonyl (C=O) groups is 1. The van der Waals surface area contributed by atoms with Gasteiger partial charge in [0, 0.05) is 11.3 Å². The van der Waals surface area contributed by atoms with Gasteiger partial charge in [-0.25, -0.2) is 9.78 Å². The lowest BCUT2D eigenvalue weighted by Gasteiger charge is -2.18. The average molecular weight is 358 g/mol. The van der Waals surface area contributed by atoms with Gasteiger partial charge in [0.05, 0.1) is 11.4 Å². The van der Waals surface area contributed by atoms with Crippen molar-refractivity contribution in [2.24, 2.45) is 0 Å². The maximum Gasteiger partial charge on any atom is 0.347 e. The summed E-state index contributed by atoms with van der Waals surface area (Å²) in [6, 6.07) is 5.83. The van der Waals surface area contributed by atoms with Gasteiger partial charge in [-0.15, -0.1) is 0 Å². The van der Waals surface area contributed by atoms with E-state index in [4.69, 9.17) is 14.5 Å². The van der Waals surface area contributed by atoms with Crippen molar-refractivity contribution < 1.29 is 19.4 Å². The Morgan fingerprint density at radius 1 is 1.20 bits per heavy atom. The van der Waals surface area contributed by atoms with Crippen molar-refractivity contribution in [1.82, 2.24) is 9.38 Å². The predicted molar refractivity (Wildman–Crippen MR) is 95.2 cm³/mol. The molecule has 25 heavy (non-hydrogen) atoms. The monoisotopic (exact) mass is 358 g/mol. The van der Waals surface area contributed by atoms with E-state index in [0.29, 0.717) is 24.5 Å². The molecule has 1 aromatic carbocycles. The number of thiazole rings is 1. The van der Waals surface area contributed by atoms with Gasteiger partial charge in [0.15, 0.2) is 16.5 Å². The van der Waals surface area contributed by atoms with Crippen LogP contribution in [0.1, 0.15) is 34.9 Å². The van der Waals surface area contributed by atoms with Gasteiger partial charge in [-0.05, 0) is 31.0 Å². The summed E-state index contributed by atoms with van der Waals surface area (Å²) < 4.78 is 13.3. The number of benzene rings is 1. The summed E-state index contributed by atoms with van der Waals surface area (Å²) in [6.07, 6.45) is 1.40. The third-order valence-electron chi connectivity index (χ3n) is 4.35. The van der Waals surface area contributed by atoms with Gasteiger partial charge in [0.1, 0.15) is 18.1 Å². The Morgan fingerprint density at radius 3 is 2.60 bits per heavy atom. The lowest BCUT2D eigenvalue weighted by Crippen LogP contribution is -2.15. The van der Waals surface area contributed by atoms with Crippen LogP contribution in [0.2, 0.25) is 0 Å². The van der Waals surface area contributed by atoms with E-state index < -0.39 is 5.97 Å². The molecule has 0 saturated heterocycles. The molecule has 0 atom stereocenters. The molecule has 0 fully saturated rings. The van der Waals surface area contributed by atoms with Crippen molar-refractivity contribution in [3.05, 3.63) is 34.5 Å². The number of ether oxygens (including phenoxy) is 2. The molecule has 0 unspecified atom stereocenters. The largest absolute Gasteiger partial charge is 0.486 e. The quantitative estimate of drug-likeness (QED) is 0.770. The summed E-state index contributed by atoms with van der Waals surface area (Å²) in [5.74, 6) is 0.580. The highest BCUT2D eigenvalue weighted by molar-refractivity contribution is 7.19. The van der Waals surface area contributed by atoms with Crippen LogP contribution < -0.4 is 9.47 Å². The van der Waals surface area contributed by atoms with Crippen molar-refractivity contribution in [1.29, 1.82) is 0 Å². The summed E-state index contributed by atoms with van der Waals surface area (Å²) >= 11 is 1.23. The number of aromatic nitrogens is 2. The van der Waals surface area contributed by atoms with Crippen LogP contribution in [-0.2, 0) is 12.8 Å². The first-order chi connectivity index (χ1) is 12.1. The van der Waals surface area contributed by atoms with Crippen LogP contribution >= 0.6 is 11.3 Å². The average Bonchev–Trinajstić information content (AvgIpc) is 3.16. The van der Waals surface area contributed by atoms with Crippen molar-refractivity contribution in [3.63, 3.8) is 0 Å². The molecule has 4 rings (SSSR count). The second-order valence-electron chi connectivity index (χ2n) is 5.77. The molecule has 0 saturated carbocycles. The summed E-state index contributed by atoms with van der Waals surface area (Å²) in [4.78, 5) is 17.3. The van der Waals surface area contributed by atoms with Crippen LogP contribution in [0.15, 0.2) is 18.2 Å². The molecule has 3 heterocycles. The fourth-order valence-electron chi connectivity index (χ4n) is 3.26. The highest BCUT2D eigenvalue weighted by Gasteiger charge is 2.23. The van der Waals surface area contributed by atoms with Crippen LogP contribution in [0.3, 0.4) is 0 Å². The number of aryl methyl sites for hydroxylation is 2. The number of hydrogen-bond acceptors (Lipinski definition) is 5. The first kappa shape index (κ1) is 16.0. The minimum atomic E-state index is -0.893. The van der Waals surface area contributed by atoms with E-state index in [1.54, 1.807) is 0 Å². The second-order valence-corrected chi connectivity index (χ2v) is 6.75. The normalized spacial score (nSPS) is 13.4. The molecule has 0 bridgehead atoms. The van der Waals surface area contributed by atoms with E-state index in [1.807, 2.05) is 29.5 Å². The van der Waals surface area contributed by atoms with Crippen LogP contribution in [0.5, 0.6) is 11.5 Å². The Bertz CT molecular complexity index is 973. The Balaban J connectivity index is 1.91. The van der Waals surface area contributed by atoms with Crippen LogP contribution in [-0.4, -0.2) is 33.7 Å². The van der Waals surface area contributed by atoms with Crippen LogP contribution in [0.4, 0.5) is 0 Å². The molecule has 2 aromatic heterocycles. The Morgan fingerprint density at radius 2 is 1.92 bits per heavy atom. The molecule has 1 aliphatic rings. The highest BCUT2D eigenvalue weighted by Crippen LogP contribution is 2.37. The van der Waals surface area contributed by atoms with Crippen molar-refractivity contribution in [3.8, 4) is 22.8 Å². The number of carboxylic acid groups (broad SMARTS) is 1. The maximum atomic E-state index is 11.5. The topological polar surface area (TPSA) is 73.1 Å². The zero-order valence-electron chi connectivity index (χ0n) is 14.0. The van der Waals surface area contributed by atoms with Gasteiger partial charge >= 0.3 is 5.97 Å².